The first kappa shape index (κ1) is 15.9. The second kappa shape index (κ2) is 7.08. The number of benzene rings is 1. The highest BCUT2D eigenvalue weighted by Gasteiger charge is 2.22. The van der Waals surface area contributed by atoms with Crippen molar-refractivity contribution in [2.45, 2.75) is 44.7 Å². The summed E-state index contributed by atoms with van der Waals surface area (Å²) in [6.07, 6.45) is 9.50. The zero-order chi connectivity index (χ0) is 16.4. The monoisotopic (exact) mass is 339 g/mol. The van der Waals surface area contributed by atoms with Crippen molar-refractivity contribution in [3.05, 3.63) is 46.8 Å². The van der Waals surface area contributed by atoms with Gasteiger partial charge in [-0.2, -0.15) is 0 Å². The summed E-state index contributed by atoms with van der Waals surface area (Å²) in [5.74, 6) is 0. The SMILES string of the molecule is Cc1nc(-c2ccc(N3CCC(NC4CC=CC4)CC3)cc2)cs1. The molecule has 0 amide bonds. The van der Waals surface area contributed by atoms with Gasteiger partial charge in [0.25, 0.3) is 0 Å². The Morgan fingerprint density at radius 3 is 2.38 bits per heavy atom. The van der Waals surface area contributed by atoms with Crippen LogP contribution in [0.4, 0.5) is 5.69 Å². The van der Waals surface area contributed by atoms with E-state index in [1.807, 2.05) is 0 Å². The fourth-order valence-corrected chi connectivity index (χ4v) is 4.35. The maximum atomic E-state index is 4.57. The van der Waals surface area contributed by atoms with Gasteiger partial charge in [-0.15, -0.1) is 11.3 Å². The summed E-state index contributed by atoms with van der Waals surface area (Å²) >= 11 is 1.71. The van der Waals surface area contributed by atoms with Gasteiger partial charge in [-0.05, 0) is 44.7 Å². The first-order valence-corrected chi connectivity index (χ1v) is 9.84. The average Bonchev–Trinajstić information content (AvgIpc) is 3.28. The van der Waals surface area contributed by atoms with Crippen molar-refractivity contribution in [3.63, 3.8) is 0 Å². The molecular weight excluding hydrogens is 314 g/mol. The van der Waals surface area contributed by atoms with E-state index in [9.17, 15) is 0 Å². The molecule has 126 valence electrons. The number of hydrogen-bond donors (Lipinski definition) is 1. The van der Waals surface area contributed by atoms with Crippen LogP contribution in [-0.4, -0.2) is 30.2 Å². The Bertz CT molecular complexity index is 688. The van der Waals surface area contributed by atoms with Gasteiger partial charge < -0.3 is 10.2 Å². The van der Waals surface area contributed by atoms with E-state index >= 15 is 0 Å². The van der Waals surface area contributed by atoms with Crippen LogP contribution in [0.15, 0.2) is 41.8 Å². The van der Waals surface area contributed by atoms with Crippen molar-refractivity contribution in [1.29, 1.82) is 0 Å². The highest BCUT2D eigenvalue weighted by Crippen LogP contribution is 2.26. The molecule has 3 nitrogen and oxygen atoms in total. The third kappa shape index (κ3) is 3.55. The van der Waals surface area contributed by atoms with Crippen LogP contribution in [0.1, 0.15) is 30.7 Å². The average molecular weight is 340 g/mol. The zero-order valence-electron chi connectivity index (χ0n) is 14.2. The van der Waals surface area contributed by atoms with Crippen molar-refractivity contribution in [1.82, 2.24) is 10.3 Å². The maximum absolute atomic E-state index is 4.57. The van der Waals surface area contributed by atoms with Gasteiger partial charge in [0.15, 0.2) is 0 Å². The number of anilines is 1. The van der Waals surface area contributed by atoms with Crippen molar-refractivity contribution in [2.24, 2.45) is 0 Å². The first-order chi connectivity index (χ1) is 11.8. The molecule has 0 radical (unpaired) electrons. The van der Waals surface area contributed by atoms with Gasteiger partial charge in [-0.3, -0.25) is 0 Å². The molecule has 2 heterocycles. The van der Waals surface area contributed by atoms with Gasteiger partial charge in [0, 0.05) is 41.8 Å². The molecule has 4 heteroatoms. The quantitative estimate of drug-likeness (QED) is 0.837. The molecule has 1 aliphatic carbocycles. The fraction of sp³-hybridized carbons (Fsp3) is 0.450. The zero-order valence-corrected chi connectivity index (χ0v) is 15.1. The van der Waals surface area contributed by atoms with Crippen molar-refractivity contribution in [2.75, 3.05) is 18.0 Å². The van der Waals surface area contributed by atoms with Gasteiger partial charge in [-0.25, -0.2) is 4.98 Å². The minimum absolute atomic E-state index is 0.683. The van der Waals surface area contributed by atoms with E-state index in [2.05, 4.69) is 63.9 Å². The Morgan fingerprint density at radius 2 is 1.75 bits per heavy atom. The number of aromatic nitrogens is 1. The highest BCUT2D eigenvalue weighted by atomic mass is 32.1. The molecule has 0 spiro atoms. The van der Waals surface area contributed by atoms with Gasteiger partial charge >= 0.3 is 0 Å². The van der Waals surface area contributed by atoms with Crippen LogP contribution in [0, 0.1) is 6.92 Å². The molecule has 0 unspecified atom stereocenters. The van der Waals surface area contributed by atoms with E-state index < -0.39 is 0 Å². The number of thiazole rings is 1. The summed E-state index contributed by atoms with van der Waals surface area (Å²) in [5, 5.41) is 7.09. The van der Waals surface area contributed by atoms with Crippen LogP contribution in [-0.2, 0) is 0 Å². The lowest BCUT2D eigenvalue weighted by atomic mass is 10.0. The Hall–Kier alpha value is -1.65. The van der Waals surface area contributed by atoms with Crippen LogP contribution in [0.5, 0.6) is 0 Å². The van der Waals surface area contributed by atoms with Gasteiger partial charge in [0.2, 0.25) is 0 Å². The van der Waals surface area contributed by atoms with Crippen LogP contribution in [0.2, 0.25) is 0 Å². The largest absolute Gasteiger partial charge is 0.371 e. The topological polar surface area (TPSA) is 28.2 Å². The van der Waals surface area contributed by atoms with E-state index in [0.717, 1.165) is 23.8 Å². The number of nitrogens with zero attached hydrogens (tertiary/aromatic N) is 2. The lowest BCUT2D eigenvalue weighted by Gasteiger charge is -2.35. The molecule has 1 fully saturated rings. The molecule has 1 aliphatic heterocycles. The van der Waals surface area contributed by atoms with Gasteiger partial charge in [0.1, 0.15) is 0 Å². The standard InChI is InChI=1S/C20H25N3S/c1-15-21-20(14-24-15)16-6-8-19(9-7-16)23-12-10-18(11-13-23)22-17-4-2-3-5-17/h2-3,6-9,14,17-18,22H,4-5,10-13H2,1H3. The third-order valence-corrected chi connectivity index (χ3v) is 5.89. The summed E-state index contributed by atoms with van der Waals surface area (Å²) in [6.45, 7) is 4.35. The highest BCUT2D eigenvalue weighted by molar-refractivity contribution is 7.09. The lowest BCUT2D eigenvalue weighted by Crippen LogP contribution is -2.45. The predicted molar refractivity (Wildman–Crippen MR) is 103 cm³/mol. The minimum atomic E-state index is 0.683. The summed E-state index contributed by atoms with van der Waals surface area (Å²) in [4.78, 5) is 7.09. The summed E-state index contributed by atoms with van der Waals surface area (Å²) < 4.78 is 0. The molecule has 1 N–H and O–H groups in total. The van der Waals surface area contributed by atoms with Crippen LogP contribution in [0.3, 0.4) is 0 Å². The summed E-state index contributed by atoms with van der Waals surface area (Å²) in [5.41, 5.74) is 3.65. The van der Waals surface area contributed by atoms with Crippen LogP contribution >= 0.6 is 11.3 Å². The smallest absolute Gasteiger partial charge is 0.0901 e. The van der Waals surface area contributed by atoms with Crippen LogP contribution < -0.4 is 10.2 Å². The van der Waals surface area contributed by atoms with Gasteiger partial charge in [0.05, 0.1) is 10.7 Å². The molecule has 4 rings (SSSR count). The van der Waals surface area contributed by atoms with E-state index in [-0.39, 0.29) is 0 Å². The summed E-state index contributed by atoms with van der Waals surface area (Å²) in [7, 11) is 0. The summed E-state index contributed by atoms with van der Waals surface area (Å²) in [6, 6.07) is 10.3. The number of aryl methyl sites for hydroxylation is 1. The molecule has 24 heavy (non-hydrogen) atoms. The number of rotatable bonds is 4. The molecule has 1 aromatic heterocycles. The predicted octanol–water partition coefficient (Wildman–Crippen LogP) is 4.40. The van der Waals surface area contributed by atoms with Crippen LogP contribution in [0.25, 0.3) is 11.3 Å². The Morgan fingerprint density at radius 1 is 1.04 bits per heavy atom. The number of piperidine rings is 1. The molecule has 1 aromatic carbocycles. The molecule has 2 aromatic rings. The Labute approximate surface area is 148 Å². The molecule has 0 saturated carbocycles. The van der Waals surface area contributed by atoms with Crippen molar-refractivity contribution in [3.8, 4) is 11.3 Å². The lowest BCUT2D eigenvalue weighted by molar-refractivity contribution is 0.372. The Kier molecular flexibility index (Phi) is 4.67. The molecule has 2 aliphatic rings. The first-order valence-electron chi connectivity index (χ1n) is 8.96. The molecular formula is C20H25N3S. The third-order valence-electron chi connectivity index (χ3n) is 5.12. The van der Waals surface area contributed by atoms with Crippen molar-refractivity contribution >= 4 is 17.0 Å². The molecule has 1 saturated heterocycles. The van der Waals surface area contributed by atoms with E-state index in [4.69, 9.17) is 0 Å². The van der Waals surface area contributed by atoms with E-state index in [1.165, 1.54) is 36.9 Å². The fourth-order valence-electron chi connectivity index (χ4n) is 3.73. The second-order valence-corrected chi connectivity index (χ2v) is 7.93. The molecule has 0 bridgehead atoms. The van der Waals surface area contributed by atoms with Crippen molar-refractivity contribution < 1.29 is 0 Å². The number of nitrogens with one attached hydrogen (secondary N) is 1. The maximum Gasteiger partial charge on any atom is 0.0901 e. The second-order valence-electron chi connectivity index (χ2n) is 6.87. The Balaban J connectivity index is 1.33. The normalized spacial score (nSPS) is 19.3. The molecule has 0 atom stereocenters. The van der Waals surface area contributed by atoms with E-state index in [1.54, 1.807) is 11.3 Å². The number of hydrogen-bond acceptors (Lipinski definition) is 4. The minimum Gasteiger partial charge on any atom is -0.371 e. The van der Waals surface area contributed by atoms with Gasteiger partial charge in [-0.1, -0.05) is 24.3 Å². The van der Waals surface area contributed by atoms with E-state index in [0.29, 0.717) is 12.1 Å².